The Kier molecular flexibility index (Phi) is 8.87. The van der Waals surface area contributed by atoms with Gasteiger partial charge in [0.2, 0.25) is 0 Å². The number of rotatable bonds is 8. The molecule has 2 nitrogen and oxygen atoms in total. The quantitative estimate of drug-likeness (QED) is 0.150. The topological polar surface area (TPSA) is 8.17 Å². The van der Waals surface area contributed by atoms with Crippen molar-refractivity contribution in [1.82, 2.24) is 4.57 Å². The van der Waals surface area contributed by atoms with Gasteiger partial charge in [0.05, 0.1) is 22.4 Å². The summed E-state index contributed by atoms with van der Waals surface area (Å²) in [5, 5.41) is 4.90. The van der Waals surface area contributed by atoms with Crippen LogP contribution in [-0.2, 0) is 0 Å². The molecule has 0 unspecified atom stereocenters. The Hall–Kier alpha value is -7.94. The highest BCUT2D eigenvalue weighted by Crippen LogP contribution is 2.46. The number of nitrogens with zero attached hydrogens (tertiary/aromatic N) is 2. The van der Waals surface area contributed by atoms with E-state index in [2.05, 4.69) is 252 Å². The molecule has 11 aromatic rings. The molecule has 0 amide bonds. The second-order valence-electron chi connectivity index (χ2n) is 15.3. The first-order valence-corrected chi connectivity index (χ1v) is 20.6. The van der Waals surface area contributed by atoms with E-state index in [0.29, 0.717) is 0 Å². The third-order valence-corrected chi connectivity index (χ3v) is 11.8. The third-order valence-electron chi connectivity index (χ3n) is 11.8. The molecule has 10 aromatic carbocycles. The molecule has 1 heterocycles. The van der Waals surface area contributed by atoms with Crippen LogP contribution in [0.2, 0.25) is 0 Å². The van der Waals surface area contributed by atoms with Crippen molar-refractivity contribution in [3.05, 3.63) is 243 Å². The first-order valence-electron chi connectivity index (χ1n) is 20.6. The Bertz CT molecular complexity index is 3240. The highest BCUT2D eigenvalue weighted by atomic mass is 15.1. The molecule has 2 heteroatoms. The van der Waals surface area contributed by atoms with Crippen LogP contribution in [0.5, 0.6) is 0 Å². The van der Waals surface area contributed by atoms with E-state index in [1.54, 1.807) is 0 Å². The maximum atomic E-state index is 2.43. The first kappa shape index (κ1) is 35.2. The predicted molar refractivity (Wildman–Crippen MR) is 255 cm³/mol. The van der Waals surface area contributed by atoms with Gasteiger partial charge in [-0.3, -0.25) is 0 Å². The van der Waals surface area contributed by atoms with Crippen LogP contribution in [0.4, 0.5) is 17.1 Å². The van der Waals surface area contributed by atoms with Gasteiger partial charge < -0.3 is 9.47 Å². The predicted octanol–water partition coefficient (Wildman–Crippen LogP) is 16.1. The SMILES string of the molecule is c1ccc(-c2ccc(-c3ccc(N(c4ccccc4)c4ccc(-c5ccccc5-n5c6ccccc6c6ccccc65)c(-c5ccccc5)c4)c4ccccc34)cc2)cc1. The Balaban J connectivity index is 1.09. The monoisotopic (exact) mass is 764 g/mol. The van der Waals surface area contributed by atoms with Crippen molar-refractivity contribution in [1.29, 1.82) is 0 Å². The van der Waals surface area contributed by atoms with Crippen LogP contribution in [0.1, 0.15) is 0 Å². The molecule has 0 aliphatic heterocycles. The van der Waals surface area contributed by atoms with E-state index in [-0.39, 0.29) is 0 Å². The molecule has 0 aliphatic carbocycles. The maximum Gasteiger partial charge on any atom is 0.0541 e. The van der Waals surface area contributed by atoms with Crippen LogP contribution in [0.25, 0.3) is 82.8 Å². The van der Waals surface area contributed by atoms with Gasteiger partial charge in [0, 0.05) is 33.1 Å². The summed E-state index contributed by atoms with van der Waals surface area (Å²) < 4.78 is 2.43. The van der Waals surface area contributed by atoms with Crippen LogP contribution in [0, 0.1) is 0 Å². The minimum absolute atomic E-state index is 1.09. The molecule has 0 fully saturated rings. The Morgan fingerprint density at radius 1 is 0.267 bits per heavy atom. The minimum atomic E-state index is 1.09. The van der Waals surface area contributed by atoms with E-state index in [1.807, 2.05) is 0 Å². The van der Waals surface area contributed by atoms with Gasteiger partial charge >= 0.3 is 0 Å². The molecule has 0 bridgehead atoms. The summed E-state index contributed by atoms with van der Waals surface area (Å²) in [6, 6.07) is 87.9. The van der Waals surface area contributed by atoms with Crippen molar-refractivity contribution >= 4 is 49.6 Å². The molecule has 0 saturated heterocycles. The van der Waals surface area contributed by atoms with E-state index in [9.17, 15) is 0 Å². The summed E-state index contributed by atoms with van der Waals surface area (Å²) in [6.45, 7) is 0. The van der Waals surface area contributed by atoms with Gasteiger partial charge in [-0.05, 0) is 92.9 Å². The highest BCUT2D eigenvalue weighted by Gasteiger charge is 2.22. The number of para-hydroxylation sites is 4. The lowest BCUT2D eigenvalue weighted by Crippen LogP contribution is -2.11. The Labute approximate surface area is 350 Å². The van der Waals surface area contributed by atoms with E-state index >= 15 is 0 Å². The molecule has 60 heavy (non-hydrogen) atoms. The van der Waals surface area contributed by atoms with Gasteiger partial charge in [0.15, 0.2) is 0 Å². The number of anilines is 3. The summed E-state index contributed by atoms with van der Waals surface area (Å²) in [5.41, 5.74) is 16.4. The van der Waals surface area contributed by atoms with Crippen LogP contribution < -0.4 is 4.90 Å². The fourth-order valence-corrected chi connectivity index (χ4v) is 9.05. The zero-order valence-corrected chi connectivity index (χ0v) is 33.0. The van der Waals surface area contributed by atoms with Gasteiger partial charge in [-0.15, -0.1) is 0 Å². The second-order valence-corrected chi connectivity index (χ2v) is 15.3. The fraction of sp³-hybridized carbons (Fsp3) is 0. The summed E-state index contributed by atoms with van der Waals surface area (Å²) in [6.07, 6.45) is 0. The molecule has 1 aromatic heterocycles. The zero-order valence-electron chi connectivity index (χ0n) is 33.0. The average molecular weight is 765 g/mol. The lowest BCUT2D eigenvalue weighted by Gasteiger charge is -2.28. The summed E-state index contributed by atoms with van der Waals surface area (Å²) in [5.74, 6) is 0. The second kappa shape index (κ2) is 15.1. The summed E-state index contributed by atoms with van der Waals surface area (Å²) >= 11 is 0. The molecule has 0 saturated carbocycles. The van der Waals surface area contributed by atoms with Gasteiger partial charge in [-0.2, -0.15) is 0 Å². The van der Waals surface area contributed by atoms with Crippen LogP contribution in [0.15, 0.2) is 243 Å². The number of aromatic nitrogens is 1. The lowest BCUT2D eigenvalue weighted by atomic mass is 9.92. The van der Waals surface area contributed by atoms with Crippen molar-refractivity contribution in [2.24, 2.45) is 0 Å². The highest BCUT2D eigenvalue weighted by molar-refractivity contribution is 6.10. The zero-order chi connectivity index (χ0) is 39.8. The molecular weight excluding hydrogens is 725 g/mol. The Morgan fingerprint density at radius 3 is 1.43 bits per heavy atom. The van der Waals surface area contributed by atoms with Gasteiger partial charge in [0.1, 0.15) is 0 Å². The molecule has 0 atom stereocenters. The van der Waals surface area contributed by atoms with E-state index in [0.717, 1.165) is 22.7 Å². The molecule has 0 spiro atoms. The van der Waals surface area contributed by atoms with Crippen molar-refractivity contribution in [2.75, 3.05) is 4.90 Å². The third kappa shape index (κ3) is 6.14. The number of benzene rings is 10. The van der Waals surface area contributed by atoms with Crippen LogP contribution in [-0.4, -0.2) is 4.57 Å². The molecule has 11 rings (SSSR count). The number of hydrogen-bond acceptors (Lipinski definition) is 1. The van der Waals surface area contributed by atoms with Crippen LogP contribution >= 0.6 is 0 Å². The van der Waals surface area contributed by atoms with Gasteiger partial charge in [-0.25, -0.2) is 0 Å². The van der Waals surface area contributed by atoms with Gasteiger partial charge in [0.25, 0.3) is 0 Å². The van der Waals surface area contributed by atoms with Gasteiger partial charge in [-0.1, -0.05) is 194 Å². The van der Waals surface area contributed by atoms with Crippen molar-refractivity contribution in [2.45, 2.75) is 0 Å². The first-order chi connectivity index (χ1) is 29.8. The smallest absolute Gasteiger partial charge is 0.0541 e. The summed E-state index contributed by atoms with van der Waals surface area (Å²) in [7, 11) is 0. The molecule has 0 N–H and O–H groups in total. The molecule has 282 valence electrons. The Morgan fingerprint density at radius 2 is 0.750 bits per heavy atom. The molecule has 0 aliphatic rings. The minimum Gasteiger partial charge on any atom is -0.310 e. The largest absolute Gasteiger partial charge is 0.310 e. The van der Waals surface area contributed by atoms with Crippen molar-refractivity contribution in [3.8, 4) is 50.2 Å². The van der Waals surface area contributed by atoms with Crippen LogP contribution in [0.3, 0.4) is 0 Å². The fourth-order valence-electron chi connectivity index (χ4n) is 9.05. The van der Waals surface area contributed by atoms with E-state index in [1.165, 1.54) is 77.1 Å². The normalized spacial score (nSPS) is 11.3. The molecular formula is C58H40N2. The molecule has 0 radical (unpaired) electrons. The van der Waals surface area contributed by atoms with Crippen molar-refractivity contribution < 1.29 is 0 Å². The lowest BCUT2D eigenvalue weighted by molar-refractivity contribution is 1.18. The number of fused-ring (bicyclic) bond motifs is 4. The average Bonchev–Trinajstić information content (AvgIpc) is 3.67. The maximum absolute atomic E-state index is 2.43. The summed E-state index contributed by atoms with van der Waals surface area (Å²) in [4.78, 5) is 2.42. The van der Waals surface area contributed by atoms with Crippen molar-refractivity contribution in [3.63, 3.8) is 0 Å². The number of hydrogen-bond donors (Lipinski definition) is 0. The van der Waals surface area contributed by atoms with E-state index < -0.39 is 0 Å². The standard InChI is InChI=1S/C58H40N2/c1-4-18-41(19-5-1)42-32-34-44(35-33-42)47-38-39-58(50-25-11-10-24-48(47)50)59(45-22-8-3-9-23-45)46-36-37-49(54(40-46)43-20-6-2-7-21-43)51-26-12-15-29-55(51)60-56-30-16-13-27-52(56)53-28-14-17-31-57(53)60/h1-40H. The van der Waals surface area contributed by atoms with E-state index in [4.69, 9.17) is 0 Å².